The highest BCUT2D eigenvalue weighted by Gasteiger charge is 2.30. The Balaban J connectivity index is 2.17. The smallest absolute Gasteiger partial charge is 0.326 e. The van der Waals surface area contributed by atoms with Crippen molar-refractivity contribution in [3.8, 4) is 11.4 Å². The summed E-state index contributed by atoms with van der Waals surface area (Å²) >= 11 is 0. The highest BCUT2D eigenvalue weighted by Crippen LogP contribution is 2.31. The molecule has 1 unspecified atom stereocenters. The highest BCUT2D eigenvalue weighted by atomic mass is 19.1. The number of carbonyl (C=O) groups is 1. The molecule has 0 saturated carbocycles. The van der Waals surface area contributed by atoms with E-state index in [0.29, 0.717) is 24.5 Å². The van der Waals surface area contributed by atoms with Gasteiger partial charge in [-0.3, -0.25) is 4.57 Å². The van der Waals surface area contributed by atoms with Gasteiger partial charge in [0.05, 0.1) is 5.56 Å². The standard InChI is InChI=1S/C13H12FN3O2/c14-9-5-2-1-4-8(9)12-16-15-11-7-3-6-10(13(18)19)17(11)12/h1-2,4-5,10H,3,6-7H2,(H,18,19). The van der Waals surface area contributed by atoms with Crippen LogP contribution < -0.4 is 0 Å². The molecule has 5 nitrogen and oxygen atoms in total. The summed E-state index contributed by atoms with van der Waals surface area (Å²) in [5.41, 5.74) is 0.286. The van der Waals surface area contributed by atoms with E-state index in [2.05, 4.69) is 10.2 Å². The van der Waals surface area contributed by atoms with Crippen LogP contribution in [0.2, 0.25) is 0 Å². The van der Waals surface area contributed by atoms with Crippen molar-refractivity contribution in [3.63, 3.8) is 0 Å². The van der Waals surface area contributed by atoms with E-state index in [4.69, 9.17) is 0 Å². The van der Waals surface area contributed by atoms with Gasteiger partial charge in [0.25, 0.3) is 0 Å². The van der Waals surface area contributed by atoms with Crippen molar-refractivity contribution in [2.45, 2.75) is 25.3 Å². The number of halogens is 1. The monoisotopic (exact) mass is 261 g/mol. The maximum absolute atomic E-state index is 13.8. The van der Waals surface area contributed by atoms with Crippen LogP contribution in [0.1, 0.15) is 24.7 Å². The number of hydrogen-bond acceptors (Lipinski definition) is 3. The van der Waals surface area contributed by atoms with E-state index in [9.17, 15) is 14.3 Å². The van der Waals surface area contributed by atoms with Gasteiger partial charge in [-0.15, -0.1) is 10.2 Å². The second-order valence-corrected chi connectivity index (χ2v) is 4.54. The first-order chi connectivity index (χ1) is 9.18. The lowest BCUT2D eigenvalue weighted by Gasteiger charge is -2.22. The van der Waals surface area contributed by atoms with Crippen LogP contribution in [0, 0.1) is 5.82 Å². The van der Waals surface area contributed by atoms with Crippen molar-refractivity contribution in [2.24, 2.45) is 0 Å². The predicted octanol–water partition coefficient (Wildman–Crippen LogP) is 2.05. The molecule has 98 valence electrons. The fourth-order valence-corrected chi connectivity index (χ4v) is 2.46. The molecule has 1 atom stereocenters. The van der Waals surface area contributed by atoms with Gasteiger partial charge in [-0.05, 0) is 25.0 Å². The molecule has 1 aliphatic heterocycles. The minimum atomic E-state index is -0.932. The average molecular weight is 261 g/mol. The zero-order valence-electron chi connectivity index (χ0n) is 10.1. The van der Waals surface area contributed by atoms with E-state index >= 15 is 0 Å². The Morgan fingerprint density at radius 1 is 1.37 bits per heavy atom. The topological polar surface area (TPSA) is 68.0 Å². The normalized spacial score (nSPS) is 18.1. The second kappa shape index (κ2) is 4.46. The third-order valence-electron chi connectivity index (χ3n) is 3.36. The van der Waals surface area contributed by atoms with Gasteiger partial charge >= 0.3 is 5.97 Å². The minimum Gasteiger partial charge on any atom is -0.480 e. The summed E-state index contributed by atoms with van der Waals surface area (Å²) in [4.78, 5) is 11.3. The van der Waals surface area contributed by atoms with Crippen LogP contribution in [0.5, 0.6) is 0 Å². The van der Waals surface area contributed by atoms with Gasteiger partial charge in [0.15, 0.2) is 5.82 Å². The minimum absolute atomic E-state index is 0.286. The molecular weight excluding hydrogens is 249 g/mol. The Morgan fingerprint density at radius 3 is 2.89 bits per heavy atom. The number of aryl methyl sites for hydroxylation is 1. The molecule has 3 rings (SSSR count). The zero-order chi connectivity index (χ0) is 13.4. The van der Waals surface area contributed by atoms with Crippen LogP contribution in [-0.4, -0.2) is 25.8 Å². The Labute approximate surface area is 108 Å². The lowest BCUT2D eigenvalue weighted by molar-refractivity contribution is -0.141. The summed E-state index contributed by atoms with van der Waals surface area (Å²) < 4.78 is 15.4. The predicted molar refractivity (Wildman–Crippen MR) is 65.0 cm³/mol. The van der Waals surface area contributed by atoms with Gasteiger partial charge < -0.3 is 5.11 Å². The Bertz CT molecular complexity index is 639. The molecule has 6 heteroatoms. The Hall–Kier alpha value is -2.24. The van der Waals surface area contributed by atoms with Crippen molar-refractivity contribution in [2.75, 3.05) is 0 Å². The molecule has 0 fully saturated rings. The molecule has 19 heavy (non-hydrogen) atoms. The van der Waals surface area contributed by atoms with Crippen molar-refractivity contribution in [3.05, 3.63) is 35.9 Å². The molecule has 2 aromatic rings. The number of benzene rings is 1. The highest BCUT2D eigenvalue weighted by molar-refractivity contribution is 5.73. The maximum atomic E-state index is 13.8. The third kappa shape index (κ3) is 1.89. The number of hydrogen-bond donors (Lipinski definition) is 1. The van der Waals surface area contributed by atoms with E-state index in [1.165, 1.54) is 6.07 Å². The summed E-state index contributed by atoms with van der Waals surface area (Å²) in [5.74, 6) is -0.456. The largest absolute Gasteiger partial charge is 0.480 e. The molecular formula is C13H12FN3O2. The molecule has 2 heterocycles. The number of rotatable bonds is 2. The first kappa shape index (κ1) is 11.8. The lowest BCUT2D eigenvalue weighted by Crippen LogP contribution is -2.25. The van der Waals surface area contributed by atoms with Crippen molar-refractivity contribution < 1.29 is 14.3 Å². The van der Waals surface area contributed by atoms with E-state index in [0.717, 1.165) is 6.42 Å². The number of aromatic nitrogens is 3. The molecule has 1 aromatic heterocycles. The van der Waals surface area contributed by atoms with Gasteiger partial charge in [0.2, 0.25) is 0 Å². The average Bonchev–Trinajstić information content (AvgIpc) is 2.82. The quantitative estimate of drug-likeness (QED) is 0.898. The van der Waals surface area contributed by atoms with Crippen LogP contribution in [0.25, 0.3) is 11.4 Å². The van der Waals surface area contributed by atoms with E-state index in [-0.39, 0.29) is 5.56 Å². The summed E-state index contributed by atoms with van der Waals surface area (Å²) in [6, 6.07) is 5.48. The fourth-order valence-electron chi connectivity index (χ4n) is 2.46. The molecule has 1 N–H and O–H groups in total. The number of carboxylic acid groups (broad SMARTS) is 1. The molecule has 0 bridgehead atoms. The summed E-state index contributed by atoms with van der Waals surface area (Å²) in [7, 11) is 0. The zero-order valence-corrected chi connectivity index (χ0v) is 10.1. The molecule has 0 saturated heterocycles. The van der Waals surface area contributed by atoms with Gasteiger partial charge in [-0.1, -0.05) is 12.1 Å². The molecule has 0 amide bonds. The number of aliphatic carboxylic acids is 1. The van der Waals surface area contributed by atoms with Crippen LogP contribution in [0.3, 0.4) is 0 Å². The number of nitrogens with zero attached hydrogens (tertiary/aromatic N) is 3. The van der Waals surface area contributed by atoms with Gasteiger partial charge in [0.1, 0.15) is 17.7 Å². The van der Waals surface area contributed by atoms with Crippen LogP contribution in [-0.2, 0) is 11.2 Å². The van der Waals surface area contributed by atoms with Gasteiger partial charge in [-0.2, -0.15) is 0 Å². The molecule has 0 aliphatic carbocycles. The first-order valence-electron chi connectivity index (χ1n) is 6.10. The Morgan fingerprint density at radius 2 is 2.16 bits per heavy atom. The fraction of sp³-hybridized carbons (Fsp3) is 0.308. The van der Waals surface area contributed by atoms with E-state index in [1.807, 2.05) is 0 Å². The molecule has 0 spiro atoms. The Kier molecular flexibility index (Phi) is 2.77. The summed E-state index contributed by atoms with van der Waals surface area (Å²) in [5, 5.41) is 17.2. The molecule has 1 aromatic carbocycles. The van der Waals surface area contributed by atoms with Gasteiger partial charge in [-0.25, -0.2) is 9.18 Å². The molecule has 1 aliphatic rings. The third-order valence-corrected chi connectivity index (χ3v) is 3.36. The van der Waals surface area contributed by atoms with Gasteiger partial charge in [0, 0.05) is 6.42 Å². The van der Waals surface area contributed by atoms with Crippen LogP contribution in [0.4, 0.5) is 4.39 Å². The maximum Gasteiger partial charge on any atom is 0.326 e. The van der Waals surface area contributed by atoms with Crippen molar-refractivity contribution in [1.29, 1.82) is 0 Å². The van der Waals surface area contributed by atoms with E-state index < -0.39 is 17.8 Å². The van der Waals surface area contributed by atoms with Crippen molar-refractivity contribution in [1.82, 2.24) is 14.8 Å². The summed E-state index contributed by atoms with van der Waals surface area (Å²) in [6.45, 7) is 0. The van der Waals surface area contributed by atoms with Crippen LogP contribution >= 0.6 is 0 Å². The van der Waals surface area contributed by atoms with Crippen molar-refractivity contribution >= 4 is 5.97 Å². The van der Waals surface area contributed by atoms with Crippen LogP contribution in [0.15, 0.2) is 24.3 Å². The SMILES string of the molecule is O=C(O)C1CCCc2nnc(-c3ccccc3F)n21. The number of fused-ring (bicyclic) bond motifs is 1. The molecule has 0 radical (unpaired) electrons. The summed E-state index contributed by atoms with van der Waals surface area (Å²) in [6.07, 6.45) is 1.94. The lowest BCUT2D eigenvalue weighted by atomic mass is 10.0. The van der Waals surface area contributed by atoms with E-state index in [1.54, 1.807) is 22.8 Å². The first-order valence-corrected chi connectivity index (χ1v) is 6.10. The number of carboxylic acids is 1. The second-order valence-electron chi connectivity index (χ2n) is 4.54.